The van der Waals surface area contributed by atoms with E-state index in [1.807, 2.05) is 6.07 Å². The number of carbonyl (C=O) groups is 1. The molecule has 0 saturated carbocycles. The van der Waals surface area contributed by atoms with Crippen molar-refractivity contribution in [2.75, 3.05) is 6.54 Å². The number of nitrogens with one attached hydrogen (secondary N) is 1. The summed E-state index contributed by atoms with van der Waals surface area (Å²) < 4.78 is 1.59. The molecule has 0 aliphatic rings. The summed E-state index contributed by atoms with van der Waals surface area (Å²) >= 11 is 0. The van der Waals surface area contributed by atoms with E-state index in [9.17, 15) is 4.79 Å². The first-order valence-electron chi connectivity index (χ1n) is 3.37. The van der Waals surface area contributed by atoms with E-state index in [0.717, 1.165) is 0 Å². The standard InChI is InChI=1S/C7H8N4O/c1-11-5-9-4-6(11)7(12)10-3-2-8/h4-5H,3H2,1H3,(H,10,12). The van der Waals surface area contributed by atoms with Crippen molar-refractivity contribution < 1.29 is 4.79 Å². The number of aryl methyl sites for hydroxylation is 1. The molecule has 1 aromatic heterocycles. The lowest BCUT2D eigenvalue weighted by atomic mass is 10.4. The number of hydrogen-bond acceptors (Lipinski definition) is 3. The Labute approximate surface area is 69.6 Å². The maximum atomic E-state index is 11.2. The predicted molar refractivity (Wildman–Crippen MR) is 41.2 cm³/mol. The minimum atomic E-state index is -0.281. The zero-order valence-corrected chi connectivity index (χ0v) is 6.61. The fourth-order valence-corrected chi connectivity index (χ4v) is 0.786. The topological polar surface area (TPSA) is 70.7 Å². The van der Waals surface area contributed by atoms with Gasteiger partial charge >= 0.3 is 0 Å². The van der Waals surface area contributed by atoms with E-state index < -0.39 is 0 Å². The Bertz CT molecular complexity index is 322. The number of imidazole rings is 1. The molecule has 0 aromatic carbocycles. The Hall–Kier alpha value is -1.83. The van der Waals surface area contributed by atoms with Crippen molar-refractivity contribution in [3.8, 4) is 6.07 Å². The van der Waals surface area contributed by atoms with Gasteiger partial charge in [-0.2, -0.15) is 5.26 Å². The van der Waals surface area contributed by atoms with Crippen LogP contribution in [0.15, 0.2) is 12.5 Å². The molecule has 0 radical (unpaired) electrons. The van der Waals surface area contributed by atoms with Gasteiger partial charge in [0.2, 0.25) is 0 Å². The maximum Gasteiger partial charge on any atom is 0.270 e. The molecular weight excluding hydrogens is 156 g/mol. The van der Waals surface area contributed by atoms with Crippen LogP contribution in [0.5, 0.6) is 0 Å². The van der Waals surface area contributed by atoms with Gasteiger partial charge in [0.1, 0.15) is 12.2 Å². The van der Waals surface area contributed by atoms with Gasteiger partial charge in [0.25, 0.3) is 5.91 Å². The lowest BCUT2D eigenvalue weighted by Crippen LogP contribution is -2.25. The summed E-state index contributed by atoms with van der Waals surface area (Å²) in [5.41, 5.74) is 0.449. The first-order chi connectivity index (χ1) is 5.75. The van der Waals surface area contributed by atoms with E-state index in [-0.39, 0.29) is 12.5 Å². The van der Waals surface area contributed by atoms with Crippen molar-refractivity contribution in [3.63, 3.8) is 0 Å². The van der Waals surface area contributed by atoms with Crippen molar-refractivity contribution in [2.24, 2.45) is 7.05 Å². The molecule has 62 valence electrons. The summed E-state index contributed by atoms with van der Waals surface area (Å²) in [6, 6.07) is 1.82. The summed E-state index contributed by atoms with van der Waals surface area (Å²) in [5, 5.41) is 10.6. The number of nitrogens with zero attached hydrogens (tertiary/aromatic N) is 3. The summed E-state index contributed by atoms with van der Waals surface area (Å²) in [5.74, 6) is -0.281. The smallest absolute Gasteiger partial charge is 0.270 e. The number of hydrogen-bond donors (Lipinski definition) is 1. The van der Waals surface area contributed by atoms with Crippen LogP contribution < -0.4 is 5.32 Å². The summed E-state index contributed by atoms with van der Waals surface area (Å²) in [7, 11) is 1.72. The second-order valence-corrected chi connectivity index (χ2v) is 2.23. The molecule has 1 amide bonds. The molecule has 0 bridgehead atoms. The first kappa shape index (κ1) is 8.27. The Morgan fingerprint density at radius 3 is 3.17 bits per heavy atom. The normalized spacial score (nSPS) is 9.00. The van der Waals surface area contributed by atoms with Crippen LogP contribution in [0.1, 0.15) is 10.5 Å². The molecule has 0 spiro atoms. The van der Waals surface area contributed by atoms with Gasteiger partial charge in [-0.05, 0) is 0 Å². The third-order valence-electron chi connectivity index (χ3n) is 1.38. The molecule has 0 atom stereocenters. The molecule has 5 heteroatoms. The van der Waals surface area contributed by atoms with E-state index >= 15 is 0 Å². The predicted octanol–water partition coefficient (Wildman–Crippen LogP) is -0.327. The van der Waals surface area contributed by atoms with E-state index in [1.54, 1.807) is 11.6 Å². The summed E-state index contributed by atoms with van der Waals surface area (Å²) in [6.45, 7) is 0.0179. The van der Waals surface area contributed by atoms with Crippen LogP contribution in [0.25, 0.3) is 0 Å². The highest BCUT2D eigenvalue weighted by molar-refractivity contribution is 5.92. The van der Waals surface area contributed by atoms with Gasteiger partial charge in [0.15, 0.2) is 0 Å². The number of nitriles is 1. The first-order valence-corrected chi connectivity index (χ1v) is 3.37. The van der Waals surface area contributed by atoms with Crippen LogP contribution in [-0.2, 0) is 7.05 Å². The SMILES string of the molecule is Cn1cncc1C(=O)NCC#N. The van der Waals surface area contributed by atoms with Crippen LogP contribution in [0.4, 0.5) is 0 Å². The van der Waals surface area contributed by atoms with Gasteiger partial charge in [-0.3, -0.25) is 4.79 Å². The number of aromatic nitrogens is 2. The lowest BCUT2D eigenvalue weighted by Gasteiger charge is -1.99. The molecular formula is C7H8N4O. The van der Waals surface area contributed by atoms with Crippen LogP contribution in [0.3, 0.4) is 0 Å². The monoisotopic (exact) mass is 164 g/mol. The molecule has 0 aliphatic carbocycles. The van der Waals surface area contributed by atoms with Gasteiger partial charge < -0.3 is 9.88 Å². The number of carbonyl (C=O) groups excluding carboxylic acids is 1. The number of amides is 1. The van der Waals surface area contributed by atoms with Crippen molar-refractivity contribution in [2.45, 2.75) is 0 Å². The van der Waals surface area contributed by atoms with E-state index in [2.05, 4.69) is 10.3 Å². The van der Waals surface area contributed by atoms with Crippen LogP contribution >= 0.6 is 0 Å². The zero-order valence-electron chi connectivity index (χ0n) is 6.61. The molecule has 12 heavy (non-hydrogen) atoms. The molecule has 0 fully saturated rings. The Morgan fingerprint density at radius 1 is 1.92 bits per heavy atom. The fraction of sp³-hybridized carbons (Fsp3) is 0.286. The van der Waals surface area contributed by atoms with Crippen molar-refractivity contribution in [1.82, 2.24) is 14.9 Å². The molecule has 1 heterocycles. The molecule has 5 nitrogen and oxygen atoms in total. The molecule has 1 rings (SSSR count). The molecule has 0 unspecified atom stereocenters. The third kappa shape index (κ3) is 1.61. The zero-order chi connectivity index (χ0) is 8.97. The molecule has 1 N–H and O–H groups in total. The fourth-order valence-electron chi connectivity index (χ4n) is 0.786. The van der Waals surface area contributed by atoms with Crippen molar-refractivity contribution >= 4 is 5.91 Å². The highest BCUT2D eigenvalue weighted by Gasteiger charge is 2.07. The number of rotatable bonds is 2. The van der Waals surface area contributed by atoms with Gasteiger partial charge in [0.05, 0.1) is 18.6 Å². The van der Waals surface area contributed by atoms with Crippen LogP contribution in [0.2, 0.25) is 0 Å². The third-order valence-corrected chi connectivity index (χ3v) is 1.38. The Kier molecular flexibility index (Phi) is 2.43. The second-order valence-electron chi connectivity index (χ2n) is 2.23. The Balaban J connectivity index is 2.67. The van der Waals surface area contributed by atoms with Crippen molar-refractivity contribution in [1.29, 1.82) is 5.26 Å². The minimum absolute atomic E-state index is 0.0179. The lowest BCUT2D eigenvalue weighted by molar-refractivity contribution is 0.0950. The molecule has 0 aliphatic heterocycles. The molecule has 0 saturated heterocycles. The summed E-state index contributed by atoms with van der Waals surface area (Å²) in [4.78, 5) is 14.9. The van der Waals surface area contributed by atoms with Gasteiger partial charge in [-0.15, -0.1) is 0 Å². The van der Waals surface area contributed by atoms with Gasteiger partial charge in [0, 0.05) is 7.05 Å². The van der Waals surface area contributed by atoms with E-state index in [4.69, 9.17) is 5.26 Å². The largest absolute Gasteiger partial charge is 0.338 e. The average Bonchev–Trinajstić information content (AvgIpc) is 2.47. The van der Waals surface area contributed by atoms with Gasteiger partial charge in [-0.25, -0.2) is 4.98 Å². The van der Waals surface area contributed by atoms with E-state index in [1.165, 1.54) is 12.5 Å². The van der Waals surface area contributed by atoms with E-state index in [0.29, 0.717) is 5.69 Å². The van der Waals surface area contributed by atoms with Gasteiger partial charge in [-0.1, -0.05) is 0 Å². The van der Waals surface area contributed by atoms with Crippen LogP contribution in [0, 0.1) is 11.3 Å². The van der Waals surface area contributed by atoms with Crippen molar-refractivity contribution in [3.05, 3.63) is 18.2 Å². The molecule has 1 aromatic rings. The Morgan fingerprint density at radius 2 is 2.67 bits per heavy atom. The summed E-state index contributed by atoms with van der Waals surface area (Å²) in [6.07, 6.45) is 2.98. The maximum absolute atomic E-state index is 11.2. The highest BCUT2D eigenvalue weighted by Crippen LogP contribution is 1.94. The average molecular weight is 164 g/mol. The van der Waals surface area contributed by atoms with Crippen LogP contribution in [-0.4, -0.2) is 22.0 Å². The quantitative estimate of drug-likeness (QED) is 0.608. The highest BCUT2D eigenvalue weighted by atomic mass is 16.1. The second kappa shape index (κ2) is 3.53. The minimum Gasteiger partial charge on any atom is -0.338 e.